The Morgan fingerprint density at radius 1 is 1.23 bits per heavy atom. The van der Waals surface area contributed by atoms with Gasteiger partial charge in [0.15, 0.2) is 15.2 Å². The molecule has 0 spiro atoms. The predicted octanol–water partition coefficient (Wildman–Crippen LogP) is 2.85. The van der Waals surface area contributed by atoms with Gasteiger partial charge in [-0.3, -0.25) is 14.7 Å². The number of aromatic nitrogens is 1. The first-order valence-electron chi connectivity index (χ1n) is 6.29. The van der Waals surface area contributed by atoms with Gasteiger partial charge in [-0.2, -0.15) is 0 Å². The van der Waals surface area contributed by atoms with E-state index >= 15 is 0 Å². The van der Waals surface area contributed by atoms with Gasteiger partial charge in [0.05, 0.1) is 10.7 Å². The summed E-state index contributed by atoms with van der Waals surface area (Å²) in [5.74, 6) is -1.09. The SMILES string of the molecule is O=C1CS(=O)(=O)C(c2cccnc2)N1c1ccc(Cl)cc1Cl. The van der Waals surface area contributed by atoms with Gasteiger partial charge in [0.25, 0.3) is 0 Å². The Labute approximate surface area is 137 Å². The maximum Gasteiger partial charge on any atom is 0.243 e. The first kappa shape index (κ1) is 15.3. The lowest BCUT2D eigenvalue weighted by Crippen LogP contribution is -2.29. The molecule has 22 heavy (non-hydrogen) atoms. The molecule has 1 unspecified atom stereocenters. The fraction of sp³-hybridized carbons (Fsp3) is 0.143. The molecule has 1 saturated heterocycles. The van der Waals surface area contributed by atoms with E-state index in [2.05, 4.69) is 4.98 Å². The third-order valence-corrected chi connectivity index (χ3v) is 5.66. The third kappa shape index (κ3) is 2.58. The van der Waals surface area contributed by atoms with Crippen LogP contribution in [0.2, 0.25) is 10.0 Å². The van der Waals surface area contributed by atoms with Crippen LogP contribution in [0.4, 0.5) is 5.69 Å². The lowest BCUT2D eigenvalue weighted by atomic mass is 10.2. The topological polar surface area (TPSA) is 67.3 Å². The summed E-state index contributed by atoms with van der Waals surface area (Å²) in [6, 6.07) is 7.80. The van der Waals surface area contributed by atoms with Crippen molar-refractivity contribution in [3.8, 4) is 0 Å². The van der Waals surface area contributed by atoms with Crippen LogP contribution < -0.4 is 4.90 Å². The van der Waals surface area contributed by atoms with E-state index in [1.807, 2.05) is 0 Å². The van der Waals surface area contributed by atoms with E-state index in [9.17, 15) is 13.2 Å². The van der Waals surface area contributed by atoms with Gasteiger partial charge in [-0.05, 0) is 24.3 Å². The van der Waals surface area contributed by atoms with Crippen LogP contribution in [0.3, 0.4) is 0 Å². The van der Waals surface area contributed by atoms with Crippen LogP contribution in [-0.2, 0) is 14.6 Å². The average molecular weight is 357 g/mol. The molecule has 1 aliphatic heterocycles. The Morgan fingerprint density at radius 2 is 2.00 bits per heavy atom. The van der Waals surface area contributed by atoms with E-state index in [1.54, 1.807) is 18.2 Å². The van der Waals surface area contributed by atoms with Crippen LogP contribution >= 0.6 is 23.2 Å². The lowest BCUT2D eigenvalue weighted by Gasteiger charge is -2.24. The lowest BCUT2D eigenvalue weighted by molar-refractivity contribution is -0.115. The molecule has 1 atom stereocenters. The molecule has 2 heterocycles. The van der Waals surface area contributed by atoms with Crippen molar-refractivity contribution in [3.63, 3.8) is 0 Å². The number of hydrogen-bond donors (Lipinski definition) is 0. The number of pyridine rings is 1. The van der Waals surface area contributed by atoms with Crippen molar-refractivity contribution in [1.29, 1.82) is 0 Å². The van der Waals surface area contributed by atoms with Crippen LogP contribution in [0.1, 0.15) is 10.9 Å². The minimum atomic E-state index is -3.67. The second kappa shape index (κ2) is 5.53. The molecule has 1 amide bonds. The Hall–Kier alpha value is -1.63. The monoisotopic (exact) mass is 356 g/mol. The molecule has 3 rings (SSSR count). The van der Waals surface area contributed by atoms with E-state index in [0.29, 0.717) is 16.3 Å². The quantitative estimate of drug-likeness (QED) is 0.829. The van der Waals surface area contributed by atoms with Crippen LogP contribution in [0, 0.1) is 0 Å². The summed E-state index contributed by atoms with van der Waals surface area (Å²) < 4.78 is 24.8. The molecular weight excluding hydrogens is 347 g/mol. The molecule has 0 bridgehead atoms. The molecule has 1 fully saturated rings. The fourth-order valence-electron chi connectivity index (χ4n) is 2.43. The summed E-state index contributed by atoms with van der Waals surface area (Å²) in [4.78, 5) is 17.4. The molecule has 2 aromatic rings. The number of carbonyl (C=O) groups is 1. The predicted molar refractivity (Wildman–Crippen MR) is 84.7 cm³/mol. The van der Waals surface area contributed by atoms with Gasteiger partial charge >= 0.3 is 0 Å². The summed E-state index contributed by atoms with van der Waals surface area (Å²) >= 11 is 12.0. The number of rotatable bonds is 2. The highest BCUT2D eigenvalue weighted by Gasteiger charge is 2.46. The summed E-state index contributed by atoms with van der Waals surface area (Å²) in [7, 11) is -3.67. The van der Waals surface area contributed by atoms with Crippen molar-refractivity contribution in [1.82, 2.24) is 4.98 Å². The second-order valence-electron chi connectivity index (χ2n) is 4.81. The summed E-state index contributed by atoms with van der Waals surface area (Å²) in [5.41, 5.74) is 0.727. The molecule has 0 N–H and O–H groups in total. The standard InChI is InChI=1S/C14H10Cl2N2O3S/c15-10-3-4-12(11(16)6-10)18-13(19)8-22(20,21)14(18)9-2-1-5-17-7-9/h1-7,14H,8H2. The van der Waals surface area contributed by atoms with Crippen molar-refractivity contribution >= 4 is 44.6 Å². The van der Waals surface area contributed by atoms with Gasteiger partial charge in [0.1, 0.15) is 5.75 Å². The molecule has 0 radical (unpaired) electrons. The van der Waals surface area contributed by atoms with Crippen molar-refractivity contribution in [2.75, 3.05) is 10.7 Å². The van der Waals surface area contributed by atoms with Crippen molar-refractivity contribution in [3.05, 3.63) is 58.3 Å². The Bertz CT molecular complexity index is 840. The summed E-state index contributed by atoms with van der Waals surface area (Å²) in [6.45, 7) is 0. The number of hydrogen-bond acceptors (Lipinski definition) is 4. The maximum absolute atomic E-state index is 12.4. The maximum atomic E-state index is 12.4. The summed E-state index contributed by atoms with van der Waals surface area (Å²) in [5, 5.41) is -0.514. The van der Waals surface area contributed by atoms with E-state index in [-0.39, 0.29) is 5.02 Å². The Balaban J connectivity index is 2.17. The minimum absolute atomic E-state index is 0.215. The molecule has 114 valence electrons. The number of anilines is 1. The smallest absolute Gasteiger partial charge is 0.243 e. The zero-order valence-electron chi connectivity index (χ0n) is 11.1. The van der Waals surface area contributed by atoms with Crippen molar-refractivity contribution in [2.45, 2.75) is 5.37 Å². The second-order valence-corrected chi connectivity index (χ2v) is 7.71. The Kier molecular flexibility index (Phi) is 3.84. The van der Waals surface area contributed by atoms with Gasteiger partial charge in [0, 0.05) is 23.0 Å². The molecule has 0 saturated carbocycles. The summed E-state index contributed by atoms with van der Waals surface area (Å²) in [6.07, 6.45) is 2.96. The highest BCUT2D eigenvalue weighted by atomic mass is 35.5. The molecule has 5 nitrogen and oxygen atoms in total. The number of benzene rings is 1. The average Bonchev–Trinajstić information content (AvgIpc) is 2.69. The first-order valence-corrected chi connectivity index (χ1v) is 8.76. The van der Waals surface area contributed by atoms with Crippen LogP contribution in [0.5, 0.6) is 0 Å². The molecular formula is C14H10Cl2N2O3S. The zero-order chi connectivity index (χ0) is 15.9. The van der Waals surface area contributed by atoms with Crippen molar-refractivity contribution < 1.29 is 13.2 Å². The van der Waals surface area contributed by atoms with Crippen molar-refractivity contribution in [2.24, 2.45) is 0 Å². The zero-order valence-corrected chi connectivity index (χ0v) is 13.4. The van der Waals surface area contributed by atoms with Gasteiger partial charge in [0.2, 0.25) is 5.91 Å². The molecule has 1 aromatic heterocycles. The molecule has 0 aliphatic carbocycles. The van der Waals surface area contributed by atoms with Gasteiger partial charge < -0.3 is 0 Å². The largest absolute Gasteiger partial charge is 0.288 e. The normalized spacial score (nSPS) is 20.4. The highest BCUT2D eigenvalue weighted by Crippen LogP contribution is 2.40. The molecule has 1 aromatic carbocycles. The number of sulfone groups is 1. The van der Waals surface area contributed by atoms with E-state index < -0.39 is 26.9 Å². The van der Waals surface area contributed by atoms with Crippen LogP contribution in [0.25, 0.3) is 0 Å². The van der Waals surface area contributed by atoms with E-state index in [1.165, 1.54) is 29.4 Å². The fourth-order valence-corrected chi connectivity index (χ4v) is 4.67. The van der Waals surface area contributed by atoms with E-state index in [0.717, 1.165) is 0 Å². The van der Waals surface area contributed by atoms with E-state index in [4.69, 9.17) is 23.2 Å². The number of carbonyl (C=O) groups excluding carboxylic acids is 1. The van der Waals surface area contributed by atoms with Gasteiger partial charge in [-0.15, -0.1) is 0 Å². The highest BCUT2D eigenvalue weighted by molar-refractivity contribution is 7.93. The number of nitrogens with zero attached hydrogens (tertiary/aromatic N) is 2. The van der Waals surface area contributed by atoms with Gasteiger partial charge in [-0.1, -0.05) is 29.3 Å². The first-order chi connectivity index (χ1) is 10.4. The van der Waals surface area contributed by atoms with Crippen LogP contribution in [-0.4, -0.2) is 25.1 Å². The van der Waals surface area contributed by atoms with Gasteiger partial charge in [-0.25, -0.2) is 8.42 Å². The number of amides is 1. The number of halogens is 2. The van der Waals surface area contributed by atoms with Crippen LogP contribution in [0.15, 0.2) is 42.7 Å². The minimum Gasteiger partial charge on any atom is -0.288 e. The third-order valence-electron chi connectivity index (χ3n) is 3.31. The Morgan fingerprint density at radius 3 is 2.64 bits per heavy atom. The molecule has 1 aliphatic rings. The molecule has 8 heteroatoms.